The van der Waals surface area contributed by atoms with E-state index in [1.807, 2.05) is 0 Å². The number of nitriles is 1. The summed E-state index contributed by atoms with van der Waals surface area (Å²) in [5.74, 6) is 0.580. The second-order valence-electron chi connectivity index (χ2n) is 5.13. The van der Waals surface area contributed by atoms with Gasteiger partial charge in [0.15, 0.2) is 0 Å². The summed E-state index contributed by atoms with van der Waals surface area (Å²) in [5, 5.41) is 9.52. The number of hydrogen-bond donors (Lipinski definition) is 0. The Kier molecular flexibility index (Phi) is 2.25. The van der Waals surface area contributed by atoms with Crippen LogP contribution in [0, 0.1) is 29.0 Å². The molecule has 0 aliphatic heterocycles. The molecule has 1 fully saturated rings. The summed E-state index contributed by atoms with van der Waals surface area (Å²) in [6.07, 6.45) is 9.96. The zero-order valence-corrected chi connectivity index (χ0v) is 9.44. The first-order valence-corrected chi connectivity index (χ1v) is 5.92. The molecule has 3 heteroatoms. The molecule has 0 spiro atoms. The second kappa shape index (κ2) is 3.66. The highest BCUT2D eigenvalue weighted by Gasteiger charge is 2.43. The maximum atomic E-state index is 13.3. The highest BCUT2D eigenvalue weighted by molar-refractivity contribution is 5.34. The van der Waals surface area contributed by atoms with Crippen LogP contribution in [0.15, 0.2) is 30.6 Å². The standard InChI is InChI=1S/C14H13FN2/c15-13-4-12(7-17-8-13)14(9-16)5-10-1-2-11(3-10)6-14/h1-2,4,7-8,10-11H,3,5-6H2/t10-,11+,14?. The Morgan fingerprint density at radius 1 is 1.29 bits per heavy atom. The van der Waals surface area contributed by atoms with E-state index in [2.05, 4.69) is 23.2 Å². The zero-order chi connectivity index (χ0) is 11.9. The Bertz CT molecular complexity index is 501. The summed E-state index contributed by atoms with van der Waals surface area (Å²) < 4.78 is 13.3. The molecule has 1 heterocycles. The predicted molar refractivity (Wildman–Crippen MR) is 61.5 cm³/mol. The third-order valence-electron chi connectivity index (χ3n) is 3.95. The Balaban J connectivity index is 2.02. The van der Waals surface area contributed by atoms with Crippen LogP contribution in [0.5, 0.6) is 0 Å². The lowest BCUT2D eigenvalue weighted by molar-refractivity contribution is 0.280. The fourth-order valence-electron chi connectivity index (χ4n) is 3.21. The third kappa shape index (κ3) is 1.64. The summed E-state index contributed by atoms with van der Waals surface area (Å²) in [4.78, 5) is 3.88. The van der Waals surface area contributed by atoms with Gasteiger partial charge in [0.05, 0.1) is 17.7 Å². The number of halogens is 1. The number of aromatic nitrogens is 1. The lowest BCUT2D eigenvalue weighted by Crippen LogP contribution is -2.33. The topological polar surface area (TPSA) is 36.7 Å². The molecule has 2 nitrogen and oxygen atoms in total. The monoisotopic (exact) mass is 228 g/mol. The van der Waals surface area contributed by atoms with Crippen molar-refractivity contribution in [2.45, 2.75) is 24.7 Å². The van der Waals surface area contributed by atoms with Crippen molar-refractivity contribution in [2.75, 3.05) is 0 Å². The van der Waals surface area contributed by atoms with Gasteiger partial charge in [-0.3, -0.25) is 4.98 Å². The van der Waals surface area contributed by atoms with Gasteiger partial charge in [0.2, 0.25) is 0 Å². The third-order valence-corrected chi connectivity index (χ3v) is 3.95. The van der Waals surface area contributed by atoms with Crippen molar-refractivity contribution in [1.29, 1.82) is 5.26 Å². The maximum absolute atomic E-state index is 13.3. The number of rotatable bonds is 1. The molecule has 0 saturated heterocycles. The van der Waals surface area contributed by atoms with Crippen molar-refractivity contribution in [3.8, 4) is 6.07 Å². The minimum absolute atomic E-state index is 0.358. The summed E-state index contributed by atoms with van der Waals surface area (Å²) in [7, 11) is 0. The lowest BCUT2D eigenvalue weighted by Gasteiger charge is -2.35. The smallest absolute Gasteiger partial charge is 0.141 e. The van der Waals surface area contributed by atoms with Crippen LogP contribution in [0.25, 0.3) is 0 Å². The van der Waals surface area contributed by atoms with Gasteiger partial charge in [-0.05, 0) is 42.7 Å². The molecule has 1 saturated carbocycles. The Morgan fingerprint density at radius 3 is 2.59 bits per heavy atom. The molecular formula is C14H13FN2. The Hall–Kier alpha value is -1.69. The first-order chi connectivity index (χ1) is 8.22. The van der Waals surface area contributed by atoms with Gasteiger partial charge in [0, 0.05) is 6.20 Å². The molecule has 3 atom stereocenters. The van der Waals surface area contributed by atoms with E-state index < -0.39 is 5.41 Å². The number of fused-ring (bicyclic) bond motifs is 2. The minimum atomic E-state index is -0.549. The normalized spacial score (nSPS) is 34.6. The molecule has 0 aromatic carbocycles. The molecule has 3 rings (SSSR count). The van der Waals surface area contributed by atoms with Gasteiger partial charge in [-0.2, -0.15) is 5.26 Å². The summed E-state index contributed by atoms with van der Waals surface area (Å²) in [6, 6.07) is 3.87. The number of hydrogen-bond acceptors (Lipinski definition) is 2. The molecule has 0 N–H and O–H groups in total. The number of nitrogens with zero attached hydrogens (tertiary/aromatic N) is 2. The van der Waals surface area contributed by atoms with E-state index in [0.717, 1.165) is 24.8 Å². The van der Waals surface area contributed by atoms with Crippen LogP contribution in [-0.2, 0) is 5.41 Å². The van der Waals surface area contributed by atoms with Gasteiger partial charge in [-0.1, -0.05) is 12.2 Å². The molecule has 2 aliphatic rings. The van der Waals surface area contributed by atoms with Gasteiger partial charge in [0.1, 0.15) is 5.82 Å². The van der Waals surface area contributed by atoms with Crippen molar-refractivity contribution in [3.05, 3.63) is 42.0 Å². The van der Waals surface area contributed by atoms with E-state index >= 15 is 0 Å². The number of allylic oxidation sites excluding steroid dienone is 2. The molecule has 0 amide bonds. The maximum Gasteiger partial charge on any atom is 0.141 e. The van der Waals surface area contributed by atoms with Crippen LogP contribution < -0.4 is 0 Å². The van der Waals surface area contributed by atoms with Gasteiger partial charge in [-0.15, -0.1) is 0 Å². The van der Waals surface area contributed by atoms with Crippen LogP contribution in [0.1, 0.15) is 24.8 Å². The van der Waals surface area contributed by atoms with Crippen molar-refractivity contribution in [1.82, 2.24) is 4.98 Å². The SMILES string of the molecule is N#CC1(c2cncc(F)c2)C[C@@H]2C=C[C@@H](C2)C1. The quantitative estimate of drug-likeness (QED) is 0.693. The lowest BCUT2D eigenvalue weighted by atomic mass is 9.66. The average Bonchev–Trinajstić information content (AvgIpc) is 2.69. The van der Waals surface area contributed by atoms with Crippen LogP contribution in [0.3, 0.4) is 0 Å². The highest BCUT2D eigenvalue weighted by atomic mass is 19.1. The molecule has 1 unspecified atom stereocenters. The fourth-order valence-corrected chi connectivity index (χ4v) is 3.21. The zero-order valence-electron chi connectivity index (χ0n) is 9.44. The average molecular weight is 228 g/mol. The van der Waals surface area contributed by atoms with Crippen molar-refractivity contribution < 1.29 is 4.39 Å². The molecular weight excluding hydrogens is 215 g/mol. The molecule has 1 aromatic heterocycles. The second-order valence-corrected chi connectivity index (χ2v) is 5.13. The van der Waals surface area contributed by atoms with Crippen LogP contribution in [0.2, 0.25) is 0 Å². The van der Waals surface area contributed by atoms with Crippen molar-refractivity contribution in [3.63, 3.8) is 0 Å². The van der Waals surface area contributed by atoms with Crippen molar-refractivity contribution >= 4 is 0 Å². The highest BCUT2D eigenvalue weighted by Crippen LogP contribution is 2.48. The molecule has 0 radical (unpaired) electrons. The predicted octanol–water partition coefficient (Wildman–Crippen LogP) is 2.97. The van der Waals surface area contributed by atoms with E-state index in [1.165, 1.54) is 12.3 Å². The van der Waals surface area contributed by atoms with Gasteiger partial charge in [0.25, 0.3) is 0 Å². The van der Waals surface area contributed by atoms with E-state index in [0.29, 0.717) is 11.8 Å². The van der Waals surface area contributed by atoms with Gasteiger partial charge >= 0.3 is 0 Å². The summed E-state index contributed by atoms with van der Waals surface area (Å²) in [6.45, 7) is 0. The molecule has 86 valence electrons. The van der Waals surface area contributed by atoms with Crippen molar-refractivity contribution in [2.24, 2.45) is 11.8 Å². The number of pyridine rings is 1. The first-order valence-electron chi connectivity index (χ1n) is 5.92. The Morgan fingerprint density at radius 2 is 2.00 bits per heavy atom. The molecule has 1 aromatic rings. The molecule has 2 bridgehead atoms. The summed E-state index contributed by atoms with van der Waals surface area (Å²) in [5.41, 5.74) is 0.185. The molecule has 17 heavy (non-hydrogen) atoms. The van der Waals surface area contributed by atoms with E-state index in [9.17, 15) is 9.65 Å². The van der Waals surface area contributed by atoms with E-state index in [-0.39, 0.29) is 5.82 Å². The summed E-state index contributed by atoms with van der Waals surface area (Å²) >= 11 is 0. The largest absolute Gasteiger partial charge is 0.261 e. The van der Waals surface area contributed by atoms with Crippen LogP contribution >= 0.6 is 0 Å². The van der Waals surface area contributed by atoms with E-state index in [1.54, 1.807) is 6.20 Å². The fraction of sp³-hybridized carbons (Fsp3) is 0.429. The van der Waals surface area contributed by atoms with Crippen LogP contribution in [-0.4, -0.2) is 4.98 Å². The first kappa shape index (κ1) is 10.5. The van der Waals surface area contributed by atoms with Crippen LogP contribution in [0.4, 0.5) is 4.39 Å². The van der Waals surface area contributed by atoms with Gasteiger partial charge in [-0.25, -0.2) is 4.39 Å². The Labute approximate surface area is 99.8 Å². The minimum Gasteiger partial charge on any atom is -0.261 e. The molecule has 2 aliphatic carbocycles. The van der Waals surface area contributed by atoms with E-state index in [4.69, 9.17) is 0 Å². The van der Waals surface area contributed by atoms with Gasteiger partial charge < -0.3 is 0 Å².